The summed E-state index contributed by atoms with van der Waals surface area (Å²) in [6.07, 6.45) is 1.92. The Balaban J connectivity index is 2.72. The number of H-pyrrole nitrogens is 1. The van der Waals surface area contributed by atoms with E-state index >= 15 is 0 Å². The van der Waals surface area contributed by atoms with Crippen LogP contribution in [0, 0.1) is 12.8 Å². The monoisotopic (exact) mass is 180 g/mol. The van der Waals surface area contributed by atoms with Crippen LogP contribution >= 0.6 is 0 Å². The van der Waals surface area contributed by atoms with E-state index in [4.69, 9.17) is 0 Å². The molecule has 0 amide bonds. The minimum atomic E-state index is -0.0498. The van der Waals surface area contributed by atoms with E-state index in [0.29, 0.717) is 5.92 Å². The molecule has 0 aliphatic heterocycles. The van der Waals surface area contributed by atoms with E-state index < -0.39 is 0 Å². The Bertz CT molecular complexity index is 328. The van der Waals surface area contributed by atoms with Gasteiger partial charge in [0.1, 0.15) is 5.82 Å². The van der Waals surface area contributed by atoms with Gasteiger partial charge in [-0.3, -0.25) is 4.79 Å². The molecular formula is C10H16N2O. The van der Waals surface area contributed by atoms with Gasteiger partial charge in [0.25, 0.3) is 5.56 Å². The van der Waals surface area contributed by atoms with Gasteiger partial charge >= 0.3 is 0 Å². The molecule has 3 nitrogen and oxygen atoms in total. The number of aryl methyl sites for hydroxylation is 2. The highest BCUT2D eigenvalue weighted by Crippen LogP contribution is 2.03. The van der Waals surface area contributed by atoms with Gasteiger partial charge in [0.2, 0.25) is 0 Å². The summed E-state index contributed by atoms with van der Waals surface area (Å²) in [7, 11) is 0. The van der Waals surface area contributed by atoms with Crippen molar-refractivity contribution in [1.82, 2.24) is 9.97 Å². The third-order valence-corrected chi connectivity index (χ3v) is 1.88. The molecule has 1 N–H and O–H groups in total. The average Bonchev–Trinajstić information content (AvgIpc) is 1.99. The maximum atomic E-state index is 11.1. The molecule has 1 aromatic heterocycles. The lowest BCUT2D eigenvalue weighted by molar-refractivity contribution is 0.573. The molecular weight excluding hydrogens is 164 g/mol. The van der Waals surface area contributed by atoms with Crippen LogP contribution in [0.3, 0.4) is 0 Å². The molecule has 1 aromatic rings. The maximum Gasteiger partial charge on any atom is 0.251 e. The van der Waals surface area contributed by atoms with Gasteiger partial charge in [0.15, 0.2) is 0 Å². The SMILES string of the molecule is Cc1cc(=O)[nH]c(CCC(C)C)n1. The van der Waals surface area contributed by atoms with Crippen LogP contribution in [0.2, 0.25) is 0 Å². The molecule has 0 aromatic carbocycles. The van der Waals surface area contributed by atoms with Crippen LogP contribution in [0.25, 0.3) is 0 Å². The molecule has 0 bridgehead atoms. The van der Waals surface area contributed by atoms with Crippen molar-refractivity contribution in [2.45, 2.75) is 33.6 Å². The van der Waals surface area contributed by atoms with E-state index in [2.05, 4.69) is 23.8 Å². The second kappa shape index (κ2) is 4.21. The summed E-state index contributed by atoms with van der Waals surface area (Å²) >= 11 is 0. The molecule has 1 rings (SSSR count). The first kappa shape index (κ1) is 9.96. The quantitative estimate of drug-likeness (QED) is 0.769. The number of nitrogens with one attached hydrogen (secondary N) is 1. The minimum absolute atomic E-state index is 0.0498. The van der Waals surface area contributed by atoms with Gasteiger partial charge in [0, 0.05) is 18.2 Å². The topological polar surface area (TPSA) is 45.8 Å². The van der Waals surface area contributed by atoms with Crippen LogP contribution in [0.15, 0.2) is 10.9 Å². The van der Waals surface area contributed by atoms with Crippen molar-refractivity contribution >= 4 is 0 Å². The molecule has 0 aliphatic carbocycles. The molecule has 0 saturated heterocycles. The van der Waals surface area contributed by atoms with E-state index in [-0.39, 0.29) is 5.56 Å². The van der Waals surface area contributed by atoms with Gasteiger partial charge in [-0.25, -0.2) is 4.98 Å². The van der Waals surface area contributed by atoms with Gasteiger partial charge < -0.3 is 4.98 Å². The molecule has 1 heterocycles. The van der Waals surface area contributed by atoms with Crippen LogP contribution in [0.5, 0.6) is 0 Å². The van der Waals surface area contributed by atoms with Crippen molar-refractivity contribution in [3.63, 3.8) is 0 Å². The predicted molar refractivity (Wildman–Crippen MR) is 52.8 cm³/mol. The Hall–Kier alpha value is -1.12. The van der Waals surface area contributed by atoms with Crippen LogP contribution in [-0.4, -0.2) is 9.97 Å². The van der Waals surface area contributed by atoms with Crippen LogP contribution in [0.4, 0.5) is 0 Å². The van der Waals surface area contributed by atoms with Crippen LogP contribution < -0.4 is 5.56 Å². The third kappa shape index (κ3) is 3.40. The van der Waals surface area contributed by atoms with Gasteiger partial charge in [-0.05, 0) is 19.3 Å². The number of aromatic amines is 1. The number of rotatable bonds is 3. The fourth-order valence-corrected chi connectivity index (χ4v) is 1.18. The first-order valence-corrected chi connectivity index (χ1v) is 4.65. The number of hydrogen-bond donors (Lipinski definition) is 1. The van der Waals surface area contributed by atoms with Gasteiger partial charge in [0.05, 0.1) is 0 Å². The normalized spacial score (nSPS) is 10.8. The van der Waals surface area contributed by atoms with Crippen molar-refractivity contribution < 1.29 is 0 Å². The van der Waals surface area contributed by atoms with Gasteiger partial charge in [-0.15, -0.1) is 0 Å². The Morgan fingerprint density at radius 3 is 2.77 bits per heavy atom. The lowest BCUT2D eigenvalue weighted by atomic mass is 10.1. The Morgan fingerprint density at radius 2 is 2.23 bits per heavy atom. The zero-order chi connectivity index (χ0) is 9.84. The lowest BCUT2D eigenvalue weighted by Crippen LogP contribution is -2.11. The zero-order valence-corrected chi connectivity index (χ0v) is 8.42. The fraction of sp³-hybridized carbons (Fsp3) is 0.600. The first-order valence-electron chi connectivity index (χ1n) is 4.65. The summed E-state index contributed by atoms with van der Waals surface area (Å²) < 4.78 is 0. The molecule has 13 heavy (non-hydrogen) atoms. The second-order valence-electron chi connectivity index (χ2n) is 3.77. The Kier molecular flexibility index (Phi) is 3.23. The summed E-state index contributed by atoms with van der Waals surface area (Å²) in [5, 5.41) is 0. The first-order chi connectivity index (χ1) is 6.08. The van der Waals surface area contributed by atoms with Crippen molar-refractivity contribution in [2.24, 2.45) is 5.92 Å². The highest BCUT2D eigenvalue weighted by Gasteiger charge is 1.99. The van der Waals surface area contributed by atoms with E-state index in [0.717, 1.165) is 24.4 Å². The number of aromatic nitrogens is 2. The van der Waals surface area contributed by atoms with Gasteiger partial charge in [-0.1, -0.05) is 13.8 Å². The largest absolute Gasteiger partial charge is 0.311 e. The Labute approximate surface area is 78.2 Å². The molecule has 0 spiro atoms. The van der Waals surface area contributed by atoms with E-state index in [1.807, 2.05) is 6.92 Å². The van der Waals surface area contributed by atoms with E-state index in [1.165, 1.54) is 6.07 Å². The fourth-order valence-electron chi connectivity index (χ4n) is 1.18. The standard InChI is InChI=1S/C10H16N2O/c1-7(2)4-5-9-11-8(3)6-10(13)12-9/h6-7H,4-5H2,1-3H3,(H,11,12,13). The maximum absolute atomic E-state index is 11.1. The summed E-state index contributed by atoms with van der Waals surface area (Å²) in [6, 6.07) is 1.51. The zero-order valence-electron chi connectivity index (χ0n) is 8.42. The second-order valence-corrected chi connectivity index (χ2v) is 3.77. The molecule has 3 heteroatoms. The predicted octanol–water partition coefficient (Wildman–Crippen LogP) is 1.67. The summed E-state index contributed by atoms with van der Waals surface area (Å²) in [4.78, 5) is 18.0. The lowest BCUT2D eigenvalue weighted by Gasteiger charge is -2.03. The number of nitrogens with zero attached hydrogens (tertiary/aromatic N) is 1. The smallest absolute Gasteiger partial charge is 0.251 e. The van der Waals surface area contributed by atoms with Crippen molar-refractivity contribution in [3.8, 4) is 0 Å². The number of hydrogen-bond acceptors (Lipinski definition) is 2. The van der Waals surface area contributed by atoms with Crippen LogP contribution in [0.1, 0.15) is 31.8 Å². The highest BCUT2D eigenvalue weighted by atomic mass is 16.1. The summed E-state index contributed by atoms with van der Waals surface area (Å²) in [6.45, 7) is 6.16. The van der Waals surface area contributed by atoms with Crippen molar-refractivity contribution in [1.29, 1.82) is 0 Å². The summed E-state index contributed by atoms with van der Waals surface area (Å²) in [5.74, 6) is 1.45. The van der Waals surface area contributed by atoms with E-state index in [1.54, 1.807) is 0 Å². The summed E-state index contributed by atoms with van der Waals surface area (Å²) in [5.41, 5.74) is 0.744. The molecule has 0 unspecified atom stereocenters. The molecule has 0 radical (unpaired) electrons. The molecule has 0 fully saturated rings. The third-order valence-electron chi connectivity index (χ3n) is 1.88. The molecule has 0 atom stereocenters. The van der Waals surface area contributed by atoms with Gasteiger partial charge in [-0.2, -0.15) is 0 Å². The van der Waals surface area contributed by atoms with Crippen molar-refractivity contribution in [2.75, 3.05) is 0 Å². The molecule has 0 saturated carbocycles. The Morgan fingerprint density at radius 1 is 1.54 bits per heavy atom. The van der Waals surface area contributed by atoms with Crippen LogP contribution in [-0.2, 0) is 6.42 Å². The minimum Gasteiger partial charge on any atom is -0.311 e. The van der Waals surface area contributed by atoms with E-state index in [9.17, 15) is 4.79 Å². The molecule has 72 valence electrons. The average molecular weight is 180 g/mol. The van der Waals surface area contributed by atoms with Crippen molar-refractivity contribution in [3.05, 3.63) is 27.9 Å². The highest BCUT2D eigenvalue weighted by molar-refractivity contribution is 5.00. The molecule has 0 aliphatic rings.